The van der Waals surface area contributed by atoms with Crippen LogP contribution in [0.5, 0.6) is 0 Å². The van der Waals surface area contributed by atoms with Crippen molar-refractivity contribution in [1.82, 2.24) is 10.3 Å². The van der Waals surface area contributed by atoms with Crippen molar-refractivity contribution in [3.8, 4) is 0 Å². The van der Waals surface area contributed by atoms with Gasteiger partial charge in [0, 0.05) is 12.1 Å². The van der Waals surface area contributed by atoms with E-state index in [9.17, 15) is 4.79 Å². The predicted molar refractivity (Wildman–Crippen MR) is 89.9 cm³/mol. The Labute approximate surface area is 132 Å². The zero-order valence-electron chi connectivity index (χ0n) is 13.3. The van der Waals surface area contributed by atoms with Crippen LogP contribution in [-0.2, 0) is 0 Å². The number of aromatic nitrogens is 1. The molecule has 1 amide bonds. The summed E-state index contributed by atoms with van der Waals surface area (Å²) in [5.41, 5.74) is 2.55. The molecule has 0 fully saturated rings. The van der Waals surface area contributed by atoms with Gasteiger partial charge in [-0.25, -0.2) is 4.98 Å². The fraction of sp³-hybridized carbons (Fsp3) is 0.333. The average Bonchev–Trinajstić information content (AvgIpc) is 2.56. The Balaban J connectivity index is 1.98. The number of rotatable bonds is 6. The fourth-order valence-corrected chi connectivity index (χ4v) is 2.09. The third kappa shape index (κ3) is 4.32. The van der Waals surface area contributed by atoms with E-state index in [1.165, 1.54) is 5.56 Å². The van der Waals surface area contributed by atoms with Crippen LogP contribution in [0.4, 0.5) is 5.69 Å². The van der Waals surface area contributed by atoms with Crippen LogP contribution in [0, 0.1) is 0 Å². The largest absolute Gasteiger partial charge is 0.377 e. The van der Waals surface area contributed by atoms with Crippen LogP contribution in [0.1, 0.15) is 49.3 Å². The highest BCUT2D eigenvalue weighted by Crippen LogP contribution is 2.18. The molecule has 0 spiro atoms. The molecule has 2 rings (SSSR count). The van der Waals surface area contributed by atoms with Gasteiger partial charge in [0.05, 0.1) is 11.9 Å². The molecule has 0 radical (unpaired) electrons. The summed E-state index contributed by atoms with van der Waals surface area (Å²) >= 11 is 0. The maximum atomic E-state index is 12.0. The van der Waals surface area contributed by atoms with E-state index in [2.05, 4.69) is 34.7 Å². The molecule has 0 aliphatic heterocycles. The van der Waals surface area contributed by atoms with E-state index in [4.69, 9.17) is 0 Å². The number of nitrogens with one attached hydrogen (secondary N) is 2. The Hall–Kier alpha value is -2.36. The first-order chi connectivity index (χ1) is 10.6. The Bertz CT molecular complexity index is 595. The van der Waals surface area contributed by atoms with Crippen LogP contribution in [-0.4, -0.2) is 16.9 Å². The van der Waals surface area contributed by atoms with Crippen molar-refractivity contribution < 1.29 is 4.79 Å². The average molecular weight is 297 g/mol. The molecule has 22 heavy (non-hydrogen) atoms. The predicted octanol–water partition coefficient (Wildman–Crippen LogP) is 3.78. The minimum absolute atomic E-state index is 0.128. The third-order valence-corrected chi connectivity index (χ3v) is 3.67. The van der Waals surface area contributed by atoms with Crippen molar-refractivity contribution in [2.45, 2.75) is 39.3 Å². The van der Waals surface area contributed by atoms with Crippen molar-refractivity contribution in [3.05, 3.63) is 59.9 Å². The number of nitrogens with zero attached hydrogens (tertiary/aromatic N) is 1. The maximum Gasteiger partial charge on any atom is 0.270 e. The molecule has 0 saturated carbocycles. The lowest BCUT2D eigenvalue weighted by atomic mass is 10.1. The van der Waals surface area contributed by atoms with Crippen LogP contribution in [0.2, 0.25) is 0 Å². The first-order valence-electron chi connectivity index (χ1n) is 7.68. The van der Waals surface area contributed by atoms with Gasteiger partial charge in [-0.2, -0.15) is 0 Å². The summed E-state index contributed by atoms with van der Waals surface area (Å²) in [6.45, 7) is 6.12. The van der Waals surface area contributed by atoms with E-state index in [0.29, 0.717) is 5.69 Å². The van der Waals surface area contributed by atoms with E-state index >= 15 is 0 Å². The van der Waals surface area contributed by atoms with E-state index < -0.39 is 0 Å². The second-order valence-electron chi connectivity index (χ2n) is 5.49. The number of carbonyl (C=O) groups is 1. The van der Waals surface area contributed by atoms with Gasteiger partial charge in [0.15, 0.2) is 0 Å². The molecule has 1 aromatic heterocycles. The van der Waals surface area contributed by atoms with Crippen LogP contribution in [0.3, 0.4) is 0 Å². The third-order valence-electron chi connectivity index (χ3n) is 3.67. The zero-order valence-corrected chi connectivity index (χ0v) is 13.3. The Kier molecular flexibility index (Phi) is 5.53. The molecular weight excluding hydrogens is 274 g/mol. The van der Waals surface area contributed by atoms with Crippen LogP contribution in [0.25, 0.3) is 0 Å². The number of hydrogen-bond donors (Lipinski definition) is 2. The van der Waals surface area contributed by atoms with Gasteiger partial charge in [-0.3, -0.25) is 4.79 Å². The van der Waals surface area contributed by atoms with Crippen molar-refractivity contribution >= 4 is 11.6 Å². The lowest BCUT2D eigenvalue weighted by Gasteiger charge is -2.16. The number of amides is 1. The summed E-state index contributed by atoms with van der Waals surface area (Å²) in [6.07, 6.45) is 2.60. The topological polar surface area (TPSA) is 54.0 Å². The highest BCUT2D eigenvalue weighted by molar-refractivity contribution is 5.92. The molecule has 0 bridgehead atoms. The second kappa shape index (κ2) is 7.59. The van der Waals surface area contributed by atoms with Gasteiger partial charge in [-0.1, -0.05) is 37.3 Å². The van der Waals surface area contributed by atoms with Gasteiger partial charge in [0.2, 0.25) is 0 Å². The molecule has 0 aliphatic carbocycles. The Morgan fingerprint density at radius 1 is 1.14 bits per heavy atom. The Morgan fingerprint density at radius 2 is 1.86 bits per heavy atom. The van der Waals surface area contributed by atoms with Gasteiger partial charge in [-0.15, -0.1) is 0 Å². The highest BCUT2D eigenvalue weighted by atomic mass is 16.1. The molecule has 1 heterocycles. The normalized spacial score (nSPS) is 13.2. The minimum atomic E-state index is -0.128. The first kappa shape index (κ1) is 16.0. The van der Waals surface area contributed by atoms with E-state index in [1.54, 1.807) is 12.3 Å². The van der Waals surface area contributed by atoms with Crippen molar-refractivity contribution in [2.75, 3.05) is 5.32 Å². The molecule has 2 N–H and O–H groups in total. The quantitative estimate of drug-likeness (QED) is 0.853. The van der Waals surface area contributed by atoms with Gasteiger partial charge in [-0.05, 0) is 38.0 Å². The van der Waals surface area contributed by atoms with Crippen LogP contribution in [0.15, 0.2) is 48.7 Å². The van der Waals surface area contributed by atoms with Crippen LogP contribution >= 0.6 is 0 Å². The molecule has 116 valence electrons. The summed E-state index contributed by atoms with van der Waals surface area (Å²) in [6, 6.07) is 14.2. The molecule has 2 unspecified atom stereocenters. The van der Waals surface area contributed by atoms with Gasteiger partial charge in [0.1, 0.15) is 5.69 Å². The van der Waals surface area contributed by atoms with Gasteiger partial charge < -0.3 is 10.6 Å². The van der Waals surface area contributed by atoms with E-state index in [-0.39, 0.29) is 18.0 Å². The SMILES string of the molecule is CCC(C)NC(=O)c1ccc(NC(C)c2ccccc2)cn1. The molecular formula is C18H23N3O. The molecule has 4 nitrogen and oxygen atoms in total. The Morgan fingerprint density at radius 3 is 2.45 bits per heavy atom. The fourth-order valence-electron chi connectivity index (χ4n) is 2.09. The molecule has 2 aromatic rings. The van der Waals surface area contributed by atoms with Crippen molar-refractivity contribution in [2.24, 2.45) is 0 Å². The number of carbonyl (C=O) groups excluding carboxylic acids is 1. The lowest BCUT2D eigenvalue weighted by Crippen LogP contribution is -2.32. The summed E-state index contributed by atoms with van der Waals surface area (Å²) in [7, 11) is 0. The summed E-state index contributed by atoms with van der Waals surface area (Å²) < 4.78 is 0. The van der Waals surface area contributed by atoms with Gasteiger partial charge >= 0.3 is 0 Å². The van der Waals surface area contributed by atoms with Crippen molar-refractivity contribution in [3.63, 3.8) is 0 Å². The second-order valence-corrected chi connectivity index (χ2v) is 5.49. The molecule has 0 saturated heterocycles. The lowest BCUT2D eigenvalue weighted by molar-refractivity contribution is 0.0934. The number of pyridine rings is 1. The summed E-state index contributed by atoms with van der Waals surface area (Å²) in [5, 5.41) is 6.29. The molecule has 2 atom stereocenters. The summed E-state index contributed by atoms with van der Waals surface area (Å²) in [4.78, 5) is 16.2. The minimum Gasteiger partial charge on any atom is -0.377 e. The zero-order chi connectivity index (χ0) is 15.9. The standard InChI is InChI=1S/C18H23N3O/c1-4-13(2)20-18(22)17-11-10-16(12-19-17)21-14(3)15-8-6-5-7-9-15/h5-14,21H,4H2,1-3H3,(H,20,22). The van der Waals surface area contributed by atoms with E-state index in [0.717, 1.165) is 12.1 Å². The van der Waals surface area contributed by atoms with Crippen molar-refractivity contribution in [1.29, 1.82) is 0 Å². The monoisotopic (exact) mass is 297 g/mol. The smallest absolute Gasteiger partial charge is 0.270 e. The van der Waals surface area contributed by atoms with Gasteiger partial charge in [0.25, 0.3) is 5.91 Å². The molecule has 4 heteroatoms. The molecule has 1 aromatic carbocycles. The number of hydrogen-bond acceptors (Lipinski definition) is 3. The summed E-state index contributed by atoms with van der Waals surface area (Å²) in [5.74, 6) is -0.128. The highest BCUT2D eigenvalue weighted by Gasteiger charge is 2.10. The maximum absolute atomic E-state index is 12.0. The number of benzene rings is 1. The van der Waals surface area contributed by atoms with E-state index in [1.807, 2.05) is 38.1 Å². The number of anilines is 1. The van der Waals surface area contributed by atoms with Crippen LogP contribution < -0.4 is 10.6 Å². The molecule has 0 aliphatic rings. The first-order valence-corrected chi connectivity index (χ1v) is 7.68.